The number of carbonyl (C=O) groups excluding carboxylic acids is 1. The molecule has 0 aromatic heterocycles. The number of rotatable bonds is 0. The zero-order chi connectivity index (χ0) is 10.1. The van der Waals surface area contributed by atoms with Crippen LogP contribution >= 0.6 is 11.6 Å². The Balaban J connectivity index is 2.58. The van der Waals surface area contributed by atoms with E-state index in [1.54, 1.807) is 6.07 Å². The van der Waals surface area contributed by atoms with E-state index in [1.807, 2.05) is 13.0 Å². The summed E-state index contributed by atoms with van der Waals surface area (Å²) in [5, 5.41) is 0.597. The molecule has 1 aliphatic heterocycles. The van der Waals surface area contributed by atoms with E-state index in [1.165, 1.54) is 0 Å². The number of hydrogen-bond donors (Lipinski definition) is 0. The van der Waals surface area contributed by atoms with Gasteiger partial charge in [0.05, 0.1) is 12.2 Å². The van der Waals surface area contributed by atoms with Gasteiger partial charge < -0.3 is 4.74 Å². The molecule has 0 N–H and O–H groups in total. The van der Waals surface area contributed by atoms with Gasteiger partial charge >= 0.3 is 0 Å². The van der Waals surface area contributed by atoms with Crippen LogP contribution in [0.25, 0.3) is 0 Å². The van der Waals surface area contributed by atoms with E-state index in [9.17, 15) is 4.79 Å². The first-order chi connectivity index (χ1) is 6.68. The van der Waals surface area contributed by atoms with Crippen LogP contribution in [-0.4, -0.2) is 12.4 Å². The molecule has 2 rings (SSSR count). The fourth-order valence-corrected chi connectivity index (χ4v) is 1.94. The molecule has 0 unspecified atom stereocenters. The summed E-state index contributed by atoms with van der Waals surface area (Å²) >= 11 is 5.89. The molecule has 0 amide bonds. The van der Waals surface area contributed by atoms with Crippen LogP contribution in [0.3, 0.4) is 0 Å². The van der Waals surface area contributed by atoms with Crippen LogP contribution in [-0.2, 0) is 0 Å². The smallest absolute Gasteiger partial charge is 0.166 e. The Morgan fingerprint density at radius 1 is 1.43 bits per heavy atom. The summed E-state index contributed by atoms with van der Waals surface area (Å²) in [6.07, 6.45) is 1.33. The van der Waals surface area contributed by atoms with Crippen molar-refractivity contribution in [1.29, 1.82) is 0 Å². The Labute approximate surface area is 87.8 Å². The molecule has 0 aliphatic carbocycles. The zero-order valence-corrected chi connectivity index (χ0v) is 8.73. The fraction of sp³-hybridized carbons (Fsp3) is 0.364. The standard InChI is InChI=1S/C11H11ClO2/c1-7-5-8(12)6-9-10(13)3-2-4-14-11(7)9/h5-6H,2-4H2,1H3. The maximum atomic E-state index is 11.7. The van der Waals surface area contributed by atoms with Crippen molar-refractivity contribution in [2.45, 2.75) is 19.8 Å². The Morgan fingerprint density at radius 2 is 2.21 bits per heavy atom. The SMILES string of the molecule is Cc1cc(Cl)cc2c1OCCCC2=O. The minimum Gasteiger partial charge on any atom is -0.493 e. The van der Waals surface area contributed by atoms with Crippen molar-refractivity contribution >= 4 is 17.4 Å². The monoisotopic (exact) mass is 210 g/mol. The minimum absolute atomic E-state index is 0.128. The summed E-state index contributed by atoms with van der Waals surface area (Å²) in [6, 6.07) is 3.51. The molecule has 0 saturated heterocycles. The second kappa shape index (κ2) is 3.62. The second-order valence-electron chi connectivity index (χ2n) is 3.47. The molecule has 74 valence electrons. The molecule has 0 saturated carbocycles. The number of ketones is 1. The Morgan fingerprint density at radius 3 is 3.00 bits per heavy atom. The maximum absolute atomic E-state index is 11.7. The van der Waals surface area contributed by atoms with E-state index in [-0.39, 0.29) is 5.78 Å². The molecule has 1 aromatic rings. The zero-order valence-electron chi connectivity index (χ0n) is 7.97. The Bertz CT molecular complexity index is 385. The number of carbonyl (C=O) groups is 1. The number of halogens is 1. The number of ether oxygens (including phenoxy) is 1. The number of hydrogen-bond acceptors (Lipinski definition) is 2. The van der Waals surface area contributed by atoms with Gasteiger partial charge in [-0.05, 0) is 31.0 Å². The van der Waals surface area contributed by atoms with Gasteiger partial charge in [0.1, 0.15) is 5.75 Å². The van der Waals surface area contributed by atoms with Crippen LogP contribution in [0.4, 0.5) is 0 Å². The predicted octanol–water partition coefficient (Wildman–Crippen LogP) is 3.00. The van der Waals surface area contributed by atoms with Crippen molar-refractivity contribution in [3.8, 4) is 5.75 Å². The number of fused-ring (bicyclic) bond motifs is 1. The van der Waals surface area contributed by atoms with Gasteiger partial charge in [-0.3, -0.25) is 4.79 Å². The molecule has 3 heteroatoms. The Hall–Kier alpha value is -1.02. The van der Waals surface area contributed by atoms with Gasteiger partial charge in [-0.1, -0.05) is 11.6 Å². The van der Waals surface area contributed by atoms with Crippen molar-refractivity contribution in [1.82, 2.24) is 0 Å². The second-order valence-corrected chi connectivity index (χ2v) is 3.91. The van der Waals surface area contributed by atoms with E-state index in [2.05, 4.69) is 0 Å². The van der Waals surface area contributed by atoms with Crippen molar-refractivity contribution in [3.63, 3.8) is 0 Å². The van der Waals surface area contributed by atoms with Gasteiger partial charge in [-0.25, -0.2) is 0 Å². The minimum atomic E-state index is 0.128. The average molecular weight is 211 g/mol. The third-order valence-corrected chi connectivity index (χ3v) is 2.55. The summed E-state index contributed by atoms with van der Waals surface area (Å²) < 4.78 is 5.53. The van der Waals surface area contributed by atoms with Gasteiger partial charge in [-0.15, -0.1) is 0 Å². The van der Waals surface area contributed by atoms with Crippen molar-refractivity contribution < 1.29 is 9.53 Å². The van der Waals surface area contributed by atoms with E-state index in [0.29, 0.717) is 29.4 Å². The van der Waals surface area contributed by atoms with E-state index >= 15 is 0 Å². The third kappa shape index (κ3) is 1.62. The normalized spacial score (nSPS) is 15.7. The molecule has 0 bridgehead atoms. The van der Waals surface area contributed by atoms with Gasteiger partial charge in [-0.2, -0.15) is 0 Å². The molecule has 0 fully saturated rings. The lowest BCUT2D eigenvalue weighted by Gasteiger charge is -2.09. The lowest BCUT2D eigenvalue weighted by atomic mass is 10.0. The summed E-state index contributed by atoms with van der Waals surface area (Å²) in [5.74, 6) is 0.833. The highest BCUT2D eigenvalue weighted by Crippen LogP contribution is 2.30. The molecule has 0 spiro atoms. The number of benzene rings is 1. The first-order valence-corrected chi connectivity index (χ1v) is 5.02. The molecule has 0 radical (unpaired) electrons. The number of aryl methyl sites for hydroxylation is 1. The third-order valence-electron chi connectivity index (χ3n) is 2.33. The lowest BCUT2D eigenvalue weighted by molar-refractivity contribution is 0.0983. The van der Waals surface area contributed by atoms with Crippen molar-refractivity contribution in [3.05, 3.63) is 28.3 Å². The van der Waals surface area contributed by atoms with Crippen LogP contribution in [0, 0.1) is 6.92 Å². The highest BCUT2D eigenvalue weighted by molar-refractivity contribution is 6.31. The topological polar surface area (TPSA) is 26.3 Å². The lowest BCUT2D eigenvalue weighted by Crippen LogP contribution is -1.99. The summed E-state index contributed by atoms with van der Waals surface area (Å²) in [6.45, 7) is 2.52. The molecule has 2 nitrogen and oxygen atoms in total. The molecule has 1 heterocycles. The van der Waals surface area contributed by atoms with E-state index < -0.39 is 0 Å². The van der Waals surface area contributed by atoms with Gasteiger partial charge in [0.25, 0.3) is 0 Å². The maximum Gasteiger partial charge on any atom is 0.166 e. The van der Waals surface area contributed by atoms with Crippen LogP contribution < -0.4 is 4.74 Å². The van der Waals surface area contributed by atoms with Crippen LogP contribution in [0.15, 0.2) is 12.1 Å². The summed E-state index contributed by atoms with van der Waals surface area (Å²) in [4.78, 5) is 11.7. The molecule has 1 aliphatic rings. The Kier molecular flexibility index (Phi) is 2.46. The highest BCUT2D eigenvalue weighted by atomic mass is 35.5. The predicted molar refractivity (Wildman–Crippen MR) is 55.2 cm³/mol. The fourth-order valence-electron chi connectivity index (χ4n) is 1.67. The summed E-state index contributed by atoms with van der Waals surface area (Å²) in [5.41, 5.74) is 1.57. The van der Waals surface area contributed by atoms with E-state index in [4.69, 9.17) is 16.3 Å². The van der Waals surface area contributed by atoms with Crippen LogP contribution in [0.2, 0.25) is 5.02 Å². The quantitative estimate of drug-likeness (QED) is 0.658. The first-order valence-electron chi connectivity index (χ1n) is 4.64. The van der Waals surface area contributed by atoms with Gasteiger partial charge in [0.2, 0.25) is 0 Å². The van der Waals surface area contributed by atoms with Gasteiger partial charge in [0, 0.05) is 11.4 Å². The molecule has 14 heavy (non-hydrogen) atoms. The average Bonchev–Trinajstić information content (AvgIpc) is 2.29. The van der Waals surface area contributed by atoms with E-state index in [0.717, 1.165) is 12.0 Å². The molecular weight excluding hydrogens is 200 g/mol. The highest BCUT2D eigenvalue weighted by Gasteiger charge is 2.18. The first kappa shape index (κ1) is 9.53. The van der Waals surface area contributed by atoms with Gasteiger partial charge in [0.15, 0.2) is 5.78 Å². The summed E-state index contributed by atoms with van der Waals surface area (Å²) in [7, 11) is 0. The molecule has 1 aromatic carbocycles. The largest absolute Gasteiger partial charge is 0.493 e. The number of Topliss-reactive ketones (excluding diaryl/α,β-unsaturated/α-hetero) is 1. The van der Waals surface area contributed by atoms with Crippen LogP contribution in [0.5, 0.6) is 5.75 Å². The van der Waals surface area contributed by atoms with Crippen LogP contribution in [0.1, 0.15) is 28.8 Å². The molecular formula is C11H11ClO2. The van der Waals surface area contributed by atoms with Crippen molar-refractivity contribution in [2.75, 3.05) is 6.61 Å². The molecule has 0 atom stereocenters. The van der Waals surface area contributed by atoms with Crippen molar-refractivity contribution in [2.24, 2.45) is 0 Å².